The summed E-state index contributed by atoms with van der Waals surface area (Å²) in [5, 5.41) is 12.0. The van der Waals surface area contributed by atoms with Crippen molar-refractivity contribution < 1.29 is 33.5 Å². The number of rotatable bonds is 4. The molecule has 0 unspecified atom stereocenters. The van der Waals surface area contributed by atoms with E-state index in [4.69, 9.17) is 14.2 Å². The van der Waals surface area contributed by atoms with Gasteiger partial charge in [0.1, 0.15) is 5.75 Å². The van der Waals surface area contributed by atoms with Gasteiger partial charge in [0.2, 0.25) is 0 Å². The molecule has 2 aromatic carbocycles. The lowest BCUT2D eigenvalue weighted by atomic mass is 9.97. The van der Waals surface area contributed by atoms with Crippen LogP contribution in [0.1, 0.15) is 52.7 Å². The van der Waals surface area contributed by atoms with Gasteiger partial charge < -0.3 is 14.2 Å². The Kier molecular flexibility index (Phi) is 6.61. The van der Waals surface area contributed by atoms with E-state index in [1.807, 2.05) is 13.0 Å². The Bertz CT molecular complexity index is 1220. The molecule has 1 heterocycles. The van der Waals surface area contributed by atoms with Crippen molar-refractivity contribution in [2.75, 3.05) is 4.90 Å². The van der Waals surface area contributed by atoms with Crippen molar-refractivity contribution in [1.82, 2.24) is 0 Å². The number of hydrogen-bond donors (Lipinski definition) is 0. The van der Waals surface area contributed by atoms with Gasteiger partial charge in [-0.1, -0.05) is 17.7 Å². The van der Waals surface area contributed by atoms with Crippen molar-refractivity contribution in [3.8, 4) is 17.2 Å². The summed E-state index contributed by atoms with van der Waals surface area (Å²) in [4.78, 5) is 50.4. The topological polar surface area (TPSA) is 125 Å². The first-order valence-corrected chi connectivity index (χ1v) is 10.9. The molecule has 0 aliphatic carbocycles. The molecule has 0 atom stereocenters. The van der Waals surface area contributed by atoms with Crippen LogP contribution in [-0.2, 0) is 16.1 Å². The summed E-state index contributed by atoms with van der Waals surface area (Å²) in [6.45, 7) is 11.5. The summed E-state index contributed by atoms with van der Waals surface area (Å²) in [7, 11) is 0. The van der Waals surface area contributed by atoms with Crippen LogP contribution >= 0.6 is 0 Å². The fraction of sp³-hybridized carbons (Fsp3) is 0.400. The third kappa shape index (κ3) is 5.59. The maximum atomic E-state index is 12.8. The number of ether oxygens (including phenoxy) is 3. The second kappa shape index (κ2) is 9.01. The first kappa shape index (κ1) is 25.7. The lowest BCUT2D eigenvalue weighted by molar-refractivity contribution is -0.385. The van der Waals surface area contributed by atoms with Crippen LogP contribution in [0.2, 0.25) is 0 Å². The van der Waals surface area contributed by atoms with Crippen LogP contribution in [0.4, 0.5) is 16.2 Å². The van der Waals surface area contributed by atoms with Gasteiger partial charge in [0.25, 0.3) is 5.75 Å². The Hall–Kier alpha value is -3.95. The molecule has 35 heavy (non-hydrogen) atoms. The Balaban J connectivity index is 2.16. The van der Waals surface area contributed by atoms with Gasteiger partial charge in [0.15, 0.2) is 5.75 Å². The lowest BCUT2D eigenvalue weighted by Crippen LogP contribution is -2.37. The number of anilines is 1. The predicted molar refractivity (Wildman–Crippen MR) is 127 cm³/mol. The lowest BCUT2D eigenvalue weighted by Gasteiger charge is -2.29. The molecule has 0 saturated heterocycles. The first-order chi connectivity index (χ1) is 16.1. The van der Waals surface area contributed by atoms with Gasteiger partial charge in [0.05, 0.1) is 28.0 Å². The molecule has 0 N–H and O–H groups in total. The smallest absolute Gasteiger partial charge is 0.420 e. The molecule has 1 aliphatic heterocycles. The average Bonchev–Trinajstić information content (AvgIpc) is 2.72. The summed E-state index contributed by atoms with van der Waals surface area (Å²) in [5.41, 5.74) is -0.909. The maximum absolute atomic E-state index is 12.8. The molecule has 1 amide bonds. The van der Waals surface area contributed by atoms with Crippen molar-refractivity contribution in [2.24, 2.45) is 10.8 Å². The minimum absolute atomic E-state index is 0.0427. The number of hydrogen-bond acceptors (Lipinski definition) is 8. The van der Waals surface area contributed by atoms with Gasteiger partial charge in [-0.05, 0) is 54.5 Å². The number of benzene rings is 2. The van der Waals surface area contributed by atoms with Crippen molar-refractivity contribution in [3.63, 3.8) is 0 Å². The number of amides is 1. The molecule has 3 rings (SSSR count). The van der Waals surface area contributed by atoms with Crippen molar-refractivity contribution in [1.29, 1.82) is 0 Å². The van der Waals surface area contributed by atoms with E-state index in [1.165, 1.54) is 11.0 Å². The van der Waals surface area contributed by atoms with E-state index in [9.17, 15) is 24.5 Å². The van der Waals surface area contributed by atoms with E-state index >= 15 is 0 Å². The minimum atomic E-state index is -0.990. The molecule has 0 radical (unpaired) electrons. The van der Waals surface area contributed by atoms with E-state index in [0.29, 0.717) is 11.3 Å². The van der Waals surface area contributed by atoms with Crippen LogP contribution in [0.25, 0.3) is 0 Å². The number of nitrogens with zero attached hydrogens (tertiary/aromatic N) is 2. The van der Waals surface area contributed by atoms with Crippen LogP contribution in [-0.4, -0.2) is 23.0 Å². The maximum Gasteiger partial charge on any atom is 0.420 e. The number of carbonyl (C=O) groups excluding carboxylic acids is 3. The van der Waals surface area contributed by atoms with Crippen LogP contribution < -0.4 is 19.1 Å². The predicted octanol–water partition coefficient (Wildman–Crippen LogP) is 5.33. The highest BCUT2D eigenvalue weighted by atomic mass is 16.6. The van der Waals surface area contributed by atoms with E-state index in [2.05, 4.69) is 0 Å². The van der Waals surface area contributed by atoms with Gasteiger partial charge in [0, 0.05) is 17.7 Å². The van der Waals surface area contributed by atoms with Crippen LogP contribution in [0.15, 0.2) is 30.3 Å². The summed E-state index contributed by atoms with van der Waals surface area (Å²) < 4.78 is 16.2. The second-order valence-electron chi connectivity index (χ2n) is 10.4. The zero-order valence-corrected chi connectivity index (χ0v) is 20.8. The molecule has 10 heteroatoms. The second-order valence-corrected chi connectivity index (χ2v) is 10.4. The number of aryl methyl sites for hydroxylation is 1. The largest absolute Gasteiger partial charge is 0.422 e. The molecule has 0 spiro atoms. The summed E-state index contributed by atoms with van der Waals surface area (Å²) in [5.74, 6) is -1.95. The average molecular weight is 485 g/mol. The van der Waals surface area contributed by atoms with E-state index in [1.54, 1.807) is 53.7 Å². The monoisotopic (exact) mass is 484 g/mol. The number of nitro benzene ring substituents is 1. The van der Waals surface area contributed by atoms with E-state index in [0.717, 1.165) is 11.6 Å². The van der Waals surface area contributed by atoms with Gasteiger partial charge >= 0.3 is 23.7 Å². The molecule has 0 aromatic heterocycles. The van der Waals surface area contributed by atoms with Crippen LogP contribution in [0.3, 0.4) is 0 Å². The standard InChI is InChI=1S/C25H28N2O8/c1-14-8-9-18-15(10-14)13-26(23(30)34-18)16-11-17(27(31)32)20(35-22(29)25(5,6)7)19(12-16)33-21(28)24(2,3)4/h8-12H,13H2,1-7H3. The number of carbonyl (C=O) groups is 3. The highest BCUT2D eigenvalue weighted by Crippen LogP contribution is 2.44. The third-order valence-electron chi connectivity index (χ3n) is 5.11. The Morgan fingerprint density at radius 3 is 2.17 bits per heavy atom. The van der Waals surface area contributed by atoms with Gasteiger partial charge in [-0.3, -0.25) is 24.6 Å². The number of nitro groups is 1. The molecular weight excluding hydrogens is 456 g/mol. The minimum Gasteiger partial charge on any atom is -0.422 e. The number of esters is 2. The summed E-state index contributed by atoms with van der Waals surface area (Å²) >= 11 is 0. The molecule has 1 aliphatic rings. The molecule has 186 valence electrons. The highest BCUT2D eigenvalue weighted by Gasteiger charge is 2.35. The van der Waals surface area contributed by atoms with Crippen molar-refractivity contribution >= 4 is 29.4 Å². The molecule has 10 nitrogen and oxygen atoms in total. The van der Waals surface area contributed by atoms with Gasteiger partial charge in [-0.25, -0.2) is 4.79 Å². The van der Waals surface area contributed by atoms with Gasteiger partial charge in [-0.2, -0.15) is 0 Å². The summed E-state index contributed by atoms with van der Waals surface area (Å²) in [6, 6.07) is 7.65. The first-order valence-electron chi connectivity index (χ1n) is 10.9. The van der Waals surface area contributed by atoms with Gasteiger partial charge in [-0.15, -0.1) is 0 Å². The van der Waals surface area contributed by atoms with Crippen LogP contribution in [0, 0.1) is 27.9 Å². The Morgan fingerprint density at radius 1 is 1.00 bits per heavy atom. The fourth-order valence-corrected chi connectivity index (χ4v) is 3.05. The zero-order valence-electron chi connectivity index (χ0n) is 20.8. The van der Waals surface area contributed by atoms with E-state index in [-0.39, 0.29) is 18.0 Å². The molecule has 2 aromatic rings. The summed E-state index contributed by atoms with van der Waals surface area (Å²) in [6.07, 6.45) is -0.761. The zero-order chi connectivity index (χ0) is 26.3. The SMILES string of the molecule is Cc1ccc2c(c1)CN(c1cc(OC(=O)C(C)(C)C)c(OC(=O)C(C)(C)C)c([N+](=O)[O-])c1)C(=O)O2. The molecule has 0 saturated carbocycles. The van der Waals surface area contributed by atoms with Crippen molar-refractivity contribution in [3.05, 3.63) is 51.6 Å². The molecule has 0 fully saturated rings. The molecule has 0 bridgehead atoms. The van der Waals surface area contributed by atoms with E-state index < -0.39 is 45.2 Å². The molecular formula is C25H28N2O8. The van der Waals surface area contributed by atoms with Crippen molar-refractivity contribution in [2.45, 2.75) is 55.0 Å². The quantitative estimate of drug-likeness (QED) is 0.247. The number of fused-ring (bicyclic) bond motifs is 1. The Morgan fingerprint density at radius 2 is 1.60 bits per heavy atom. The highest BCUT2D eigenvalue weighted by molar-refractivity contribution is 5.93. The Labute approximate surface area is 202 Å². The third-order valence-corrected chi connectivity index (χ3v) is 5.11. The normalized spacial score (nSPS) is 13.6. The fourth-order valence-electron chi connectivity index (χ4n) is 3.05. The van der Waals surface area contributed by atoms with Crippen LogP contribution in [0.5, 0.6) is 17.2 Å².